The van der Waals surface area contributed by atoms with E-state index in [0.717, 1.165) is 28.6 Å². The molecule has 2 aromatic rings. The number of allylic oxidation sites excluding steroid dienone is 2. The van der Waals surface area contributed by atoms with Crippen LogP contribution in [0.1, 0.15) is 37.7 Å². The van der Waals surface area contributed by atoms with E-state index < -0.39 is 11.8 Å². The summed E-state index contributed by atoms with van der Waals surface area (Å²) in [4.78, 5) is 35.5. The molecule has 0 saturated heterocycles. The van der Waals surface area contributed by atoms with Gasteiger partial charge in [0, 0.05) is 51.6 Å². The number of rotatable bonds is 5. The van der Waals surface area contributed by atoms with Gasteiger partial charge in [-0.05, 0) is 53.9 Å². The molecule has 1 N–H and O–H groups in total. The molecular formula is C24H24BrN3O4. The van der Waals surface area contributed by atoms with Crippen LogP contribution in [0.15, 0.2) is 57.3 Å². The van der Waals surface area contributed by atoms with E-state index >= 15 is 0 Å². The highest BCUT2D eigenvalue weighted by molar-refractivity contribution is 9.10. The van der Waals surface area contributed by atoms with Gasteiger partial charge in [-0.2, -0.15) is 0 Å². The van der Waals surface area contributed by atoms with Gasteiger partial charge in [0.25, 0.3) is 0 Å². The third-order valence-electron chi connectivity index (χ3n) is 5.87. The zero-order valence-electron chi connectivity index (χ0n) is 18.1. The molecule has 166 valence electrons. The first-order chi connectivity index (χ1) is 15.4. The van der Waals surface area contributed by atoms with E-state index in [9.17, 15) is 9.59 Å². The summed E-state index contributed by atoms with van der Waals surface area (Å²) in [5, 5.41) is 2.89. The minimum atomic E-state index is -0.677. The van der Waals surface area contributed by atoms with Crippen molar-refractivity contribution < 1.29 is 19.1 Å². The summed E-state index contributed by atoms with van der Waals surface area (Å²) in [6.07, 6.45) is 3.55. The van der Waals surface area contributed by atoms with Gasteiger partial charge in [0.1, 0.15) is 17.3 Å². The van der Waals surface area contributed by atoms with Crippen molar-refractivity contribution in [2.45, 2.75) is 32.1 Å². The number of pyridine rings is 1. The summed E-state index contributed by atoms with van der Waals surface area (Å²) < 4.78 is 11.8. The fourth-order valence-corrected chi connectivity index (χ4v) is 4.65. The molecule has 0 spiro atoms. The van der Waals surface area contributed by atoms with E-state index in [4.69, 9.17) is 14.5 Å². The maximum atomic E-state index is 13.5. The van der Waals surface area contributed by atoms with Crippen LogP contribution in [0.2, 0.25) is 0 Å². The van der Waals surface area contributed by atoms with E-state index in [2.05, 4.69) is 26.2 Å². The average molecular weight is 498 g/mol. The molecule has 1 aliphatic carbocycles. The monoisotopic (exact) mass is 497 g/mol. The number of amides is 1. The summed E-state index contributed by atoms with van der Waals surface area (Å²) in [6, 6.07) is 8.98. The molecule has 0 saturated carbocycles. The lowest BCUT2D eigenvalue weighted by Crippen LogP contribution is -2.39. The summed E-state index contributed by atoms with van der Waals surface area (Å²) in [7, 11) is 3.15. The van der Waals surface area contributed by atoms with Crippen molar-refractivity contribution in [2.75, 3.05) is 19.5 Å². The minimum Gasteiger partial charge on any atom is -0.497 e. The van der Waals surface area contributed by atoms with Crippen molar-refractivity contribution in [1.29, 1.82) is 0 Å². The first kappa shape index (κ1) is 22.2. The van der Waals surface area contributed by atoms with Gasteiger partial charge in [0.15, 0.2) is 5.78 Å². The van der Waals surface area contributed by atoms with Gasteiger partial charge in [-0.3, -0.25) is 14.6 Å². The highest BCUT2D eigenvalue weighted by Gasteiger charge is 2.43. The van der Waals surface area contributed by atoms with Crippen molar-refractivity contribution in [3.05, 3.63) is 57.8 Å². The van der Waals surface area contributed by atoms with E-state index in [1.807, 2.05) is 19.1 Å². The Kier molecular flexibility index (Phi) is 6.41. The Balaban J connectivity index is 1.81. The quantitative estimate of drug-likeness (QED) is 0.647. The summed E-state index contributed by atoms with van der Waals surface area (Å²) >= 11 is 3.35. The predicted octanol–water partition coefficient (Wildman–Crippen LogP) is 4.68. The number of halogens is 1. The lowest BCUT2D eigenvalue weighted by molar-refractivity contribution is -0.119. The highest BCUT2D eigenvalue weighted by Crippen LogP contribution is 2.46. The molecule has 2 aliphatic rings. The van der Waals surface area contributed by atoms with Gasteiger partial charge >= 0.3 is 0 Å². The van der Waals surface area contributed by atoms with E-state index in [0.29, 0.717) is 35.0 Å². The van der Waals surface area contributed by atoms with E-state index in [1.54, 1.807) is 38.6 Å². The van der Waals surface area contributed by atoms with Crippen molar-refractivity contribution >= 4 is 39.1 Å². The maximum absolute atomic E-state index is 13.5. The van der Waals surface area contributed by atoms with Crippen molar-refractivity contribution in [2.24, 2.45) is 10.9 Å². The average Bonchev–Trinajstić information content (AvgIpc) is 2.79. The zero-order chi connectivity index (χ0) is 22.8. The second-order valence-electron chi connectivity index (χ2n) is 7.80. The van der Waals surface area contributed by atoms with Crippen LogP contribution in [0.5, 0.6) is 11.5 Å². The van der Waals surface area contributed by atoms with Crippen LogP contribution < -0.4 is 14.8 Å². The molecule has 1 aromatic carbocycles. The zero-order valence-corrected chi connectivity index (χ0v) is 19.7. The number of anilines is 1. The molecule has 0 radical (unpaired) electrons. The fourth-order valence-electron chi connectivity index (χ4n) is 4.41. The van der Waals surface area contributed by atoms with Gasteiger partial charge in [-0.25, -0.2) is 4.98 Å². The molecule has 2 heterocycles. The number of aliphatic imine (C=N–C) groups is 1. The molecule has 2 atom stereocenters. The van der Waals surface area contributed by atoms with Crippen LogP contribution in [0, 0.1) is 5.92 Å². The fraction of sp³-hybridized carbons (Fsp3) is 0.333. The molecule has 0 fully saturated rings. The van der Waals surface area contributed by atoms with Crippen LogP contribution in [-0.2, 0) is 9.59 Å². The lowest BCUT2D eigenvalue weighted by atomic mass is 9.71. The smallest absolute Gasteiger partial charge is 0.235 e. The number of ketones is 1. The van der Waals surface area contributed by atoms with E-state index in [1.165, 1.54) is 0 Å². The molecule has 8 heteroatoms. The van der Waals surface area contributed by atoms with Gasteiger partial charge in [0.2, 0.25) is 5.91 Å². The summed E-state index contributed by atoms with van der Waals surface area (Å²) in [5.74, 6) is 0.208. The SMILES string of the molecule is COc1ccc([C@@H]2C3=C(CCCC3=O)N=C(C)C2C(=O)Nc2ccc(Br)cn2)c(OC)c1. The van der Waals surface area contributed by atoms with Gasteiger partial charge in [-0.15, -0.1) is 0 Å². The van der Waals surface area contributed by atoms with Crippen LogP contribution in [-0.4, -0.2) is 36.6 Å². The third-order valence-corrected chi connectivity index (χ3v) is 6.34. The number of nitrogens with one attached hydrogen (secondary N) is 1. The maximum Gasteiger partial charge on any atom is 0.235 e. The number of benzene rings is 1. The Morgan fingerprint density at radius 2 is 1.97 bits per heavy atom. The number of nitrogens with zero attached hydrogens (tertiary/aromatic N) is 2. The number of ether oxygens (including phenoxy) is 2. The molecule has 4 rings (SSSR count). The largest absolute Gasteiger partial charge is 0.497 e. The van der Waals surface area contributed by atoms with Crippen LogP contribution in [0.3, 0.4) is 0 Å². The van der Waals surface area contributed by atoms with Gasteiger partial charge in [0.05, 0.1) is 20.1 Å². The Hall–Kier alpha value is -3.00. The Morgan fingerprint density at radius 1 is 1.16 bits per heavy atom. The molecule has 32 heavy (non-hydrogen) atoms. The summed E-state index contributed by atoms with van der Waals surface area (Å²) in [5.41, 5.74) is 2.80. The standard InChI is InChI=1S/C24H24BrN3O4/c1-13-21(24(30)28-20-10-7-14(25)12-26-20)22(23-17(27-13)5-4-6-18(23)29)16-9-8-15(31-2)11-19(16)32-3/h7-12,21-22H,4-6H2,1-3H3,(H,26,28,30)/t21?,22-/m0/s1. The highest BCUT2D eigenvalue weighted by atomic mass is 79.9. The van der Waals surface area contributed by atoms with Crippen molar-refractivity contribution in [1.82, 2.24) is 4.98 Å². The normalized spacial score (nSPS) is 20.4. The first-order valence-electron chi connectivity index (χ1n) is 10.4. The first-order valence-corrected chi connectivity index (χ1v) is 11.2. The molecular weight excluding hydrogens is 474 g/mol. The molecule has 1 aromatic heterocycles. The molecule has 1 unspecified atom stereocenters. The van der Waals surface area contributed by atoms with Crippen molar-refractivity contribution in [3.63, 3.8) is 0 Å². The summed E-state index contributed by atoms with van der Waals surface area (Å²) in [6.45, 7) is 1.84. The Morgan fingerprint density at radius 3 is 2.66 bits per heavy atom. The van der Waals surface area contributed by atoms with Crippen LogP contribution in [0.4, 0.5) is 5.82 Å². The number of carbonyl (C=O) groups excluding carboxylic acids is 2. The Bertz CT molecular complexity index is 1120. The minimum absolute atomic E-state index is 0.0323. The second kappa shape index (κ2) is 9.24. The number of hydrogen-bond donors (Lipinski definition) is 1. The number of hydrogen-bond acceptors (Lipinski definition) is 6. The topological polar surface area (TPSA) is 89.9 Å². The predicted molar refractivity (Wildman–Crippen MR) is 125 cm³/mol. The number of methoxy groups -OCH3 is 2. The van der Waals surface area contributed by atoms with Gasteiger partial charge in [-0.1, -0.05) is 6.07 Å². The van der Waals surface area contributed by atoms with Crippen molar-refractivity contribution in [3.8, 4) is 11.5 Å². The Labute approximate surface area is 195 Å². The second-order valence-corrected chi connectivity index (χ2v) is 8.72. The lowest BCUT2D eigenvalue weighted by Gasteiger charge is -2.35. The molecule has 0 bridgehead atoms. The van der Waals surface area contributed by atoms with Crippen LogP contribution >= 0.6 is 15.9 Å². The van der Waals surface area contributed by atoms with Crippen LogP contribution in [0.25, 0.3) is 0 Å². The molecule has 1 amide bonds. The molecule has 1 aliphatic heterocycles. The third kappa shape index (κ3) is 4.19. The van der Waals surface area contributed by atoms with Gasteiger partial charge < -0.3 is 14.8 Å². The number of carbonyl (C=O) groups is 2. The number of aromatic nitrogens is 1. The van der Waals surface area contributed by atoms with E-state index in [-0.39, 0.29) is 11.7 Å². The number of Topliss-reactive ketones (excluding diaryl/α,β-unsaturated/α-hetero) is 1. The molecule has 7 nitrogen and oxygen atoms in total.